The van der Waals surface area contributed by atoms with Crippen molar-refractivity contribution in [3.63, 3.8) is 0 Å². The Balaban J connectivity index is 2.93. The second-order valence-electron chi connectivity index (χ2n) is 2.99. The Hall–Kier alpha value is -1.31. The standard InChI is InChI=1S/C10H9FN/c1-6-3-4-9(11)10-8(6)5-7(2)12-10/h3-4,12H,1-2H3. The lowest BCUT2D eigenvalue weighted by atomic mass is 10.1. The van der Waals surface area contributed by atoms with Crippen molar-refractivity contribution in [2.24, 2.45) is 0 Å². The molecule has 1 nitrogen and oxygen atoms in total. The van der Waals surface area contributed by atoms with Gasteiger partial charge in [0.05, 0.1) is 5.52 Å². The third-order valence-electron chi connectivity index (χ3n) is 1.99. The van der Waals surface area contributed by atoms with E-state index in [-0.39, 0.29) is 5.82 Å². The summed E-state index contributed by atoms with van der Waals surface area (Å²) < 4.78 is 13.1. The third kappa shape index (κ3) is 0.916. The second-order valence-corrected chi connectivity index (χ2v) is 2.99. The van der Waals surface area contributed by atoms with Gasteiger partial charge in [-0.05, 0) is 25.5 Å². The molecule has 0 bridgehead atoms. The molecule has 2 aromatic rings. The van der Waals surface area contributed by atoms with Crippen molar-refractivity contribution in [2.45, 2.75) is 13.8 Å². The summed E-state index contributed by atoms with van der Waals surface area (Å²) in [5.74, 6) is -0.208. The van der Waals surface area contributed by atoms with Gasteiger partial charge in [-0.25, -0.2) is 4.39 Å². The van der Waals surface area contributed by atoms with Crippen molar-refractivity contribution >= 4 is 10.9 Å². The maximum atomic E-state index is 13.1. The lowest BCUT2D eigenvalue weighted by molar-refractivity contribution is 0.637. The lowest BCUT2D eigenvalue weighted by Gasteiger charge is -1.95. The van der Waals surface area contributed by atoms with Crippen molar-refractivity contribution in [1.29, 1.82) is 0 Å². The van der Waals surface area contributed by atoms with Crippen molar-refractivity contribution in [3.8, 4) is 0 Å². The van der Waals surface area contributed by atoms with E-state index < -0.39 is 0 Å². The lowest BCUT2D eigenvalue weighted by Crippen LogP contribution is -1.79. The van der Waals surface area contributed by atoms with Crippen molar-refractivity contribution in [3.05, 3.63) is 35.3 Å². The number of aromatic amines is 1. The molecule has 1 aromatic carbocycles. The summed E-state index contributed by atoms with van der Waals surface area (Å²) in [7, 11) is 0. The first-order valence-corrected chi connectivity index (χ1v) is 3.85. The largest absolute Gasteiger partial charge is 0.356 e. The van der Waals surface area contributed by atoms with Crippen LogP contribution in [0.1, 0.15) is 11.3 Å². The summed E-state index contributed by atoms with van der Waals surface area (Å²) in [6, 6.07) is 6.31. The van der Waals surface area contributed by atoms with Crippen LogP contribution < -0.4 is 0 Å². The van der Waals surface area contributed by atoms with E-state index in [0.29, 0.717) is 5.52 Å². The Kier molecular flexibility index (Phi) is 1.43. The summed E-state index contributed by atoms with van der Waals surface area (Å²) in [5.41, 5.74) is 2.49. The molecule has 0 saturated heterocycles. The number of H-pyrrole nitrogens is 1. The Morgan fingerprint density at radius 2 is 2.08 bits per heavy atom. The molecule has 0 aliphatic carbocycles. The molecule has 0 aliphatic rings. The molecule has 0 saturated carbocycles. The van der Waals surface area contributed by atoms with Gasteiger partial charge in [0.1, 0.15) is 5.82 Å². The van der Waals surface area contributed by atoms with E-state index in [1.54, 1.807) is 6.07 Å². The van der Waals surface area contributed by atoms with Gasteiger partial charge in [-0.1, -0.05) is 6.07 Å². The molecular weight excluding hydrogens is 153 g/mol. The molecule has 1 heterocycles. The Bertz CT molecular complexity index is 390. The van der Waals surface area contributed by atoms with Gasteiger partial charge in [-0.15, -0.1) is 0 Å². The van der Waals surface area contributed by atoms with E-state index in [0.717, 1.165) is 16.6 Å². The van der Waals surface area contributed by atoms with Crippen LogP contribution in [0, 0.1) is 25.7 Å². The van der Waals surface area contributed by atoms with Gasteiger partial charge in [0, 0.05) is 17.1 Å². The van der Waals surface area contributed by atoms with Crippen LogP contribution in [-0.4, -0.2) is 4.98 Å². The predicted molar refractivity (Wildman–Crippen MR) is 46.6 cm³/mol. The quantitative estimate of drug-likeness (QED) is 0.613. The van der Waals surface area contributed by atoms with Gasteiger partial charge in [-0.3, -0.25) is 0 Å². The summed E-state index contributed by atoms with van der Waals surface area (Å²) in [6.07, 6.45) is 0. The molecule has 0 spiro atoms. The maximum Gasteiger partial charge on any atom is 0.147 e. The molecule has 0 atom stereocenters. The van der Waals surface area contributed by atoms with Crippen LogP contribution in [0.15, 0.2) is 12.1 Å². The van der Waals surface area contributed by atoms with E-state index in [9.17, 15) is 4.39 Å². The molecule has 0 unspecified atom stereocenters. The number of halogens is 1. The van der Waals surface area contributed by atoms with Gasteiger partial charge in [0.2, 0.25) is 0 Å². The molecule has 1 radical (unpaired) electrons. The molecule has 2 heteroatoms. The van der Waals surface area contributed by atoms with E-state index in [1.807, 2.05) is 13.8 Å². The zero-order valence-corrected chi connectivity index (χ0v) is 7.03. The Morgan fingerprint density at radius 3 is 2.75 bits per heavy atom. The molecular formula is C10H9FN. The first-order chi connectivity index (χ1) is 5.68. The normalized spacial score (nSPS) is 10.9. The molecule has 0 amide bonds. The number of fused-ring (bicyclic) bond motifs is 1. The topological polar surface area (TPSA) is 15.8 Å². The highest BCUT2D eigenvalue weighted by Gasteiger charge is 2.05. The van der Waals surface area contributed by atoms with Crippen LogP contribution in [0.2, 0.25) is 0 Å². The number of hydrogen-bond acceptors (Lipinski definition) is 0. The summed E-state index contributed by atoms with van der Waals surface area (Å²) in [5, 5.41) is 0.854. The second kappa shape index (κ2) is 2.34. The van der Waals surface area contributed by atoms with Crippen LogP contribution >= 0.6 is 0 Å². The summed E-state index contributed by atoms with van der Waals surface area (Å²) >= 11 is 0. The van der Waals surface area contributed by atoms with E-state index in [2.05, 4.69) is 11.1 Å². The zero-order chi connectivity index (χ0) is 8.72. The molecule has 0 fully saturated rings. The average molecular weight is 162 g/mol. The highest BCUT2D eigenvalue weighted by molar-refractivity contribution is 5.83. The SMILES string of the molecule is Cc1[c]c2c(C)ccc(F)c2[nH]1. The number of aromatic nitrogens is 1. The molecule has 2 rings (SSSR count). The number of nitrogens with one attached hydrogen (secondary N) is 1. The maximum absolute atomic E-state index is 13.1. The predicted octanol–water partition coefficient (Wildman–Crippen LogP) is 2.72. The van der Waals surface area contributed by atoms with E-state index in [1.165, 1.54) is 6.07 Å². The highest BCUT2D eigenvalue weighted by Crippen LogP contribution is 2.20. The fraction of sp³-hybridized carbons (Fsp3) is 0.200. The van der Waals surface area contributed by atoms with Gasteiger partial charge >= 0.3 is 0 Å². The van der Waals surface area contributed by atoms with E-state index in [4.69, 9.17) is 0 Å². The summed E-state index contributed by atoms with van der Waals surface area (Å²) in [6.45, 7) is 3.82. The van der Waals surface area contributed by atoms with Crippen molar-refractivity contribution in [1.82, 2.24) is 4.98 Å². The van der Waals surface area contributed by atoms with Crippen molar-refractivity contribution < 1.29 is 4.39 Å². The molecule has 1 N–H and O–H groups in total. The van der Waals surface area contributed by atoms with Crippen LogP contribution in [0.5, 0.6) is 0 Å². The van der Waals surface area contributed by atoms with E-state index >= 15 is 0 Å². The molecule has 12 heavy (non-hydrogen) atoms. The average Bonchev–Trinajstić information content (AvgIpc) is 2.41. The van der Waals surface area contributed by atoms with Crippen molar-refractivity contribution in [2.75, 3.05) is 0 Å². The van der Waals surface area contributed by atoms with Crippen LogP contribution in [-0.2, 0) is 0 Å². The van der Waals surface area contributed by atoms with Crippen LogP contribution in [0.4, 0.5) is 4.39 Å². The first kappa shape index (κ1) is 7.35. The number of benzene rings is 1. The molecule has 1 aromatic heterocycles. The third-order valence-corrected chi connectivity index (χ3v) is 1.99. The fourth-order valence-corrected chi connectivity index (χ4v) is 1.37. The van der Waals surface area contributed by atoms with Gasteiger partial charge < -0.3 is 4.98 Å². The fourth-order valence-electron chi connectivity index (χ4n) is 1.37. The molecule has 61 valence electrons. The van der Waals surface area contributed by atoms with Crippen LogP contribution in [0.3, 0.4) is 0 Å². The Morgan fingerprint density at radius 1 is 1.33 bits per heavy atom. The minimum absolute atomic E-state index is 0.208. The summed E-state index contributed by atoms with van der Waals surface area (Å²) in [4.78, 5) is 2.94. The van der Waals surface area contributed by atoms with Gasteiger partial charge in [0.25, 0.3) is 0 Å². The number of hydrogen-bond donors (Lipinski definition) is 1. The number of aryl methyl sites for hydroxylation is 2. The zero-order valence-electron chi connectivity index (χ0n) is 7.03. The Labute approximate surface area is 70.2 Å². The van der Waals surface area contributed by atoms with Gasteiger partial charge in [-0.2, -0.15) is 0 Å². The number of rotatable bonds is 0. The smallest absolute Gasteiger partial charge is 0.147 e. The molecule has 0 aliphatic heterocycles. The minimum Gasteiger partial charge on any atom is -0.356 e. The first-order valence-electron chi connectivity index (χ1n) is 3.85. The van der Waals surface area contributed by atoms with Crippen LogP contribution in [0.25, 0.3) is 10.9 Å². The van der Waals surface area contributed by atoms with Gasteiger partial charge in [0.15, 0.2) is 0 Å². The minimum atomic E-state index is -0.208. The highest BCUT2D eigenvalue weighted by atomic mass is 19.1. The monoisotopic (exact) mass is 162 g/mol.